The van der Waals surface area contributed by atoms with Crippen LogP contribution in [-0.2, 0) is 0 Å². The van der Waals surface area contributed by atoms with Crippen LogP contribution >= 0.6 is 0 Å². The van der Waals surface area contributed by atoms with E-state index in [9.17, 15) is 19.5 Å². The van der Waals surface area contributed by atoms with E-state index in [-0.39, 0.29) is 23.5 Å². The minimum absolute atomic E-state index is 0.120. The molecule has 2 aliphatic heterocycles. The number of rotatable bonds is 4. The molecular formula is C19H20N6O4. The van der Waals surface area contributed by atoms with Gasteiger partial charge in [-0.1, -0.05) is 0 Å². The lowest BCUT2D eigenvalue weighted by Gasteiger charge is -2.35. The number of hydrogen-bond donors (Lipinski definition) is 3. The molecule has 3 N–H and O–H groups in total. The van der Waals surface area contributed by atoms with Crippen molar-refractivity contribution in [1.82, 2.24) is 15.3 Å². The molecule has 3 amide bonds. The van der Waals surface area contributed by atoms with Gasteiger partial charge in [0.15, 0.2) is 11.5 Å². The van der Waals surface area contributed by atoms with Gasteiger partial charge in [0.2, 0.25) is 0 Å². The normalized spacial score (nSPS) is 16.9. The summed E-state index contributed by atoms with van der Waals surface area (Å²) in [5.41, 5.74) is 0.984. The van der Waals surface area contributed by atoms with Gasteiger partial charge in [0.1, 0.15) is 5.82 Å². The quantitative estimate of drug-likeness (QED) is 0.715. The molecule has 2 aromatic heterocycles. The van der Waals surface area contributed by atoms with E-state index in [0.717, 1.165) is 18.7 Å². The summed E-state index contributed by atoms with van der Waals surface area (Å²) in [5, 5.41) is 14.7. The van der Waals surface area contributed by atoms with E-state index in [1.165, 1.54) is 23.2 Å². The van der Waals surface area contributed by atoms with E-state index in [1.807, 2.05) is 6.92 Å². The minimum Gasteiger partial charge on any atom is -0.477 e. The lowest BCUT2D eigenvalue weighted by atomic mass is 10.1. The lowest BCUT2D eigenvalue weighted by molar-refractivity contribution is 0.0690. The summed E-state index contributed by atoms with van der Waals surface area (Å²) in [7, 11) is 0. The van der Waals surface area contributed by atoms with Crippen LogP contribution in [0.3, 0.4) is 0 Å². The van der Waals surface area contributed by atoms with Crippen molar-refractivity contribution in [2.75, 3.05) is 34.8 Å². The van der Waals surface area contributed by atoms with Crippen molar-refractivity contribution in [3.8, 4) is 0 Å². The summed E-state index contributed by atoms with van der Waals surface area (Å²) in [6.07, 6.45) is 2.20. The molecular weight excluding hydrogens is 376 g/mol. The molecule has 0 radical (unpaired) electrons. The van der Waals surface area contributed by atoms with Crippen LogP contribution in [0.4, 0.5) is 22.1 Å². The molecule has 0 saturated carbocycles. The minimum atomic E-state index is -1.16. The number of nitrogens with one attached hydrogen (secondary N) is 2. The second-order valence-electron chi connectivity index (χ2n) is 6.82. The Labute approximate surface area is 166 Å². The molecule has 150 valence electrons. The highest BCUT2D eigenvalue weighted by molar-refractivity contribution is 6.05. The summed E-state index contributed by atoms with van der Waals surface area (Å²) in [5.74, 6) is -0.864. The van der Waals surface area contributed by atoms with Crippen molar-refractivity contribution in [3.63, 3.8) is 0 Å². The third kappa shape index (κ3) is 3.44. The predicted molar refractivity (Wildman–Crippen MR) is 106 cm³/mol. The van der Waals surface area contributed by atoms with E-state index >= 15 is 0 Å². The number of carbonyl (C=O) groups is 3. The molecule has 10 nitrogen and oxygen atoms in total. The Hall–Kier alpha value is -3.69. The van der Waals surface area contributed by atoms with E-state index in [0.29, 0.717) is 24.5 Å². The highest BCUT2D eigenvalue weighted by atomic mass is 16.4. The SMILES string of the molecule is CCNC(=O)c1ccnc(NC(=O)N2c3nc(C(=O)O)ccc3N3CCC2C3)c1. The van der Waals surface area contributed by atoms with E-state index < -0.39 is 12.0 Å². The summed E-state index contributed by atoms with van der Waals surface area (Å²) in [4.78, 5) is 48.3. The van der Waals surface area contributed by atoms with Gasteiger partial charge in [-0.05, 0) is 37.6 Å². The number of aromatic carboxylic acids is 1. The maximum atomic E-state index is 13.1. The van der Waals surface area contributed by atoms with Crippen molar-refractivity contribution in [1.29, 1.82) is 0 Å². The number of carbonyl (C=O) groups excluding carboxylic acids is 2. The number of carboxylic acids is 1. The third-order valence-electron chi connectivity index (χ3n) is 4.98. The molecule has 2 aliphatic rings. The van der Waals surface area contributed by atoms with Crippen LogP contribution in [0.5, 0.6) is 0 Å². The molecule has 2 bridgehead atoms. The van der Waals surface area contributed by atoms with Crippen molar-refractivity contribution in [2.24, 2.45) is 0 Å². The number of pyridine rings is 2. The van der Waals surface area contributed by atoms with Crippen molar-refractivity contribution < 1.29 is 19.5 Å². The Morgan fingerprint density at radius 2 is 2.10 bits per heavy atom. The fraction of sp³-hybridized carbons (Fsp3) is 0.316. The number of aromatic nitrogens is 2. The van der Waals surface area contributed by atoms with Gasteiger partial charge >= 0.3 is 12.0 Å². The molecule has 1 saturated heterocycles. The van der Waals surface area contributed by atoms with Crippen LogP contribution in [0.1, 0.15) is 34.2 Å². The Morgan fingerprint density at radius 3 is 2.86 bits per heavy atom. The van der Waals surface area contributed by atoms with Crippen LogP contribution in [0.25, 0.3) is 0 Å². The third-order valence-corrected chi connectivity index (χ3v) is 4.98. The number of anilines is 3. The number of carboxylic acid groups (broad SMARTS) is 1. The summed E-state index contributed by atoms with van der Waals surface area (Å²) in [6, 6.07) is 5.59. The van der Waals surface area contributed by atoms with Crippen molar-refractivity contribution in [2.45, 2.75) is 19.4 Å². The monoisotopic (exact) mass is 396 g/mol. The molecule has 0 aromatic carbocycles. The highest BCUT2D eigenvalue weighted by Gasteiger charge is 2.40. The van der Waals surface area contributed by atoms with Gasteiger partial charge in [-0.2, -0.15) is 0 Å². The smallest absolute Gasteiger partial charge is 0.354 e. The van der Waals surface area contributed by atoms with Crippen molar-refractivity contribution in [3.05, 3.63) is 41.7 Å². The Morgan fingerprint density at radius 1 is 1.28 bits per heavy atom. The number of fused-ring (bicyclic) bond motifs is 4. The number of urea groups is 1. The fourth-order valence-electron chi connectivity index (χ4n) is 3.66. The van der Waals surface area contributed by atoms with Gasteiger partial charge in [-0.15, -0.1) is 0 Å². The Bertz CT molecular complexity index is 994. The molecule has 2 aromatic rings. The maximum Gasteiger partial charge on any atom is 0.354 e. The molecule has 4 heterocycles. The molecule has 0 spiro atoms. The van der Waals surface area contributed by atoms with Crippen molar-refractivity contribution >= 4 is 35.2 Å². The molecule has 1 fully saturated rings. The average Bonchev–Trinajstić information content (AvgIpc) is 3.12. The van der Waals surface area contributed by atoms with E-state index in [1.54, 1.807) is 12.1 Å². The maximum absolute atomic E-state index is 13.1. The standard InChI is InChI=1S/C19H20N6O4/c1-2-20-17(26)11-5-7-21-15(9-11)23-19(29)25-12-6-8-24(10-12)14-4-3-13(18(27)28)22-16(14)25/h3-5,7,9,12H,2,6,8,10H2,1H3,(H,20,26)(H,27,28)(H,21,23,29). The number of hydrogen-bond acceptors (Lipinski definition) is 6. The first-order valence-corrected chi connectivity index (χ1v) is 9.31. The van der Waals surface area contributed by atoms with Gasteiger partial charge in [-0.3, -0.25) is 15.0 Å². The zero-order chi connectivity index (χ0) is 20.5. The topological polar surface area (TPSA) is 128 Å². The Kier molecular flexibility index (Phi) is 4.75. The summed E-state index contributed by atoms with van der Waals surface area (Å²) >= 11 is 0. The molecule has 0 aliphatic carbocycles. The largest absolute Gasteiger partial charge is 0.477 e. The fourth-order valence-corrected chi connectivity index (χ4v) is 3.66. The second-order valence-corrected chi connectivity index (χ2v) is 6.82. The first-order valence-electron chi connectivity index (χ1n) is 9.31. The van der Waals surface area contributed by atoms with E-state index in [2.05, 4.69) is 25.5 Å². The second kappa shape index (κ2) is 7.38. The van der Waals surface area contributed by atoms with Crippen LogP contribution in [-0.4, -0.2) is 58.7 Å². The van der Waals surface area contributed by atoms with Gasteiger partial charge in [0.05, 0.1) is 11.7 Å². The molecule has 1 atom stereocenters. The Balaban J connectivity index is 1.63. The summed E-state index contributed by atoms with van der Waals surface area (Å²) in [6.45, 7) is 3.73. The van der Waals surface area contributed by atoms with E-state index in [4.69, 9.17) is 0 Å². The predicted octanol–water partition coefficient (Wildman–Crippen LogP) is 1.56. The summed E-state index contributed by atoms with van der Waals surface area (Å²) < 4.78 is 0. The average molecular weight is 396 g/mol. The van der Waals surface area contributed by atoms with Crippen LogP contribution < -0.4 is 20.4 Å². The molecule has 4 rings (SSSR count). The van der Waals surface area contributed by atoms with Crippen LogP contribution in [0.2, 0.25) is 0 Å². The van der Waals surface area contributed by atoms with Gasteiger partial charge < -0.3 is 15.3 Å². The van der Waals surface area contributed by atoms with Crippen LogP contribution in [0, 0.1) is 0 Å². The first-order chi connectivity index (χ1) is 14.0. The van der Waals surface area contributed by atoms with Gasteiger partial charge in [-0.25, -0.2) is 19.6 Å². The molecule has 1 unspecified atom stereocenters. The van der Waals surface area contributed by atoms with Gasteiger partial charge in [0.25, 0.3) is 5.91 Å². The zero-order valence-corrected chi connectivity index (χ0v) is 15.8. The van der Waals surface area contributed by atoms with Gasteiger partial charge in [0, 0.05) is 31.4 Å². The molecule has 10 heteroatoms. The first kappa shape index (κ1) is 18.7. The molecule has 29 heavy (non-hydrogen) atoms. The highest BCUT2D eigenvalue weighted by Crippen LogP contribution is 2.39. The lowest BCUT2D eigenvalue weighted by Crippen LogP contribution is -2.48. The zero-order valence-electron chi connectivity index (χ0n) is 15.8. The van der Waals surface area contributed by atoms with Crippen LogP contribution in [0.15, 0.2) is 30.5 Å². The number of amides is 3. The number of nitrogens with zero attached hydrogens (tertiary/aromatic N) is 4.